The molecule has 1 aliphatic carbocycles. The molecule has 31 heavy (non-hydrogen) atoms. The topological polar surface area (TPSA) is 69.7 Å². The van der Waals surface area contributed by atoms with Crippen LogP contribution in [0.5, 0.6) is 0 Å². The Morgan fingerprint density at radius 3 is 2.74 bits per heavy atom. The van der Waals surface area contributed by atoms with Crippen LogP contribution < -0.4 is 10.2 Å². The normalized spacial score (nSPS) is 25.2. The Labute approximate surface area is 185 Å². The first kappa shape index (κ1) is 20.0. The van der Waals surface area contributed by atoms with Gasteiger partial charge in [-0.05, 0) is 42.3 Å². The lowest BCUT2D eigenvalue weighted by atomic mass is 9.80. The highest BCUT2D eigenvalue weighted by Gasteiger charge is 2.54. The number of likely N-dealkylation sites (N-methyl/N-ethyl adjacent to an activating group) is 1. The Morgan fingerprint density at radius 1 is 1.19 bits per heavy atom. The molecule has 1 fully saturated rings. The fraction of sp³-hybridized carbons (Fsp3) is 0.375. The number of carbonyl (C=O) groups is 3. The SMILES string of the molecule is CN1/C(=C\C(=O)CN2C(=O)NC3(CCCc4sccc43)C2=O)C(C)(C)c2ccccc21. The second-order valence-corrected chi connectivity index (χ2v) is 10.0. The van der Waals surface area contributed by atoms with Crippen LogP contribution in [-0.2, 0) is 27.0 Å². The van der Waals surface area contributed by atoms with Crippen LogP contribution in [0.15, 0.2) is 47.5 Å². The van der Waals surface area contributed by atoms with Gasteiger partial charge in [-0.3, -0.25) is 14.5 Å². The summed E-state index contributed by atoms with van der Waals surface area (Å²) in [6.45, 7) is 3.91. The van der Waals surface area contributed by atoms with E-state index in [0.29, 0.717) is 6.42 Å². The molecule has 3 aliphatic rings. The number of allylic oxidation sites excluding steroid dienone is 1. The summed E-state index contributed by atoms with van der Waals surface area (Å²) in [7, 11) is 1.94. The van der Waals surface area contributed by atoms with E-state index in [1.54, 1.807) is 17.4 Å². The number of carbonyl (C=O) groups excluding carboxylic acids is 3. The minimum absolute atomic E-state index is 0.254. The van der Waals surface area contributed by atoms with Crippen LogP contribution in [0.25, 0.3) is 0 Å². The van der Waals surface area contributed by atoms with Crippen LogP contribution in [0.1, 0.15) is 42.7 Å². The van der Waals surface area contributed by atoms with Gasteiger partial charge in [0.2, 0.25) is 0 Å². The smallest absolute Gasteiger partial charge is 0.325 e. The number of benzene rings is 1. The van der Waals surface area contributed by atoms with E-state index in [1.807, 2.05) is 41.6 Å². The molecule has 5 rings (SSSR count). The highest BCUT2D eigenvalue weighted by molar-refractivity contribution is 7.10. The number of nitrogens with one attached hydrogen (secondary N) is 1. The maximum atomic E-state index is 13.4. The number of amides is 3. The highest BCUT2D eigenvalue weighted by atomic mass is 32.1. The number of urea groups is 1. The van der Waals surface area contributed by atoms with E-state index in [0.717, 1.165) is 45.1 Å². The number of hydrogen-bond donors (Lipinski definition) is 1. The van der Waals surface area contributed by atoms with Crippen molar-refractivity contribution in [3.63, 3.8) is 0 Å². The zero-order chi connectivity index (χ0) is 22.0. The first-order valence-corrected chi connectivity index (χ1v) is 11.4. The van der Waals surface area contributed by atoms with Crippen molar-refractivity contribution in [1.82, 2.24) is 10.2 Å². The number of imide groups is 1. The molecule has 1 saturated heterocycles. The Morgan fingerprint density at radius 2 is 1.97 bits per heavy atom. The lowest BCUT2D eigenvalue weighted by Gasteiger charge is -2.31. The van der Waals surface area contributed by atoms with E-state index < -0.39 is 11.6 Å². The van der Waals surface area contributed by atoms with Gasteiger partial charge in [-0.15, -0.1) is 11.3 Å². The summed E-state index contributed by atoms with van der Waals surface area (Å²) in [5, 5.41) is 4.87. The van der Waals surface area contributed by atoms with Gasteiger partial charge in [0.1, 0.15) is 5.54 Å². The molecule has 0 bridgehead atoms. The minimum Gasteiger partial charge on any atom is -0.347 e. The van der Waals surface area contributed by atoms with E-state index in [-0.39, 0.29) is 23.7 Å². The quantitative estimate of drug-likeness (QED) is 0.589. The maximum Gasteiger partial charge on any atom is 0.325 e. The molecule has 1 aromatic heterocycles. The zero-order valence-electron chi connectivity index (χ0n) is 17.9. The lowest BCUT2D eigenvalue weighted by Crippen LogP contribution is -2.46. The number of hydrogen-bond acceptors (Lipinski definition) is 5. The van der Waals surface area contributed by atoms with Crippen molar-refractivity contribution in [1.29, 1.82) is 0 Å². The molecule has 1 spiro atoms. The van der Waals surface area contributed by atoms with Crippen molar-refractivity contribution in [2.24, 2.45) is 0 Å². The monoisotopic (exact) mass is 435 g/mol. The summed E-state index contributed by atoms with van der Waals surface area (Å²) >= 11 is 1.62. The van der Waals surface area contributed by atoms with Gasteiger partial charge in [0.15, 0.2) is 5.78 Å². The fourth-order valence-corrected chi connectivity index (χ4v) is 6.30. The Kier molecular flexibility index (Phi) is 4.38. The lowest BCUT2D eigenvalue weighted by molar-refractivity contribution is -0.134. The van der Waals surface area contributed by atoms with Gasteiger partial charge in [0, 0.05) is 40.4 Å². The zero-order valence-corrected chi connectivity index (χ0v) is 18.7. The summed E-state index contributed by atoms with van der Waals surface area (Å²) in [4.78, 5) is 43.4. The Balaban J connectivity index is 1.41. The predicted octanol–water partition coefficient (Wildman–Crippen LogP) is 3.71. The van der Waals surface area contributed by atoms with E-state index in [1.165, 1.54) is 0 Å². The van der Waals surface area contributed by atoms with E-state index in [9.17, 15) is 14.4 Å². The van der Waals surface area contributed by atoms with Crippen LogP contribution in [0, 0.1) is 0 Å². The molecular weight excluding hydrogens is 410 g/mol. The molecule has 0 radical (unpaired) electrons. The van der Waals surface area contributed by atoms with Gasteiger partial charge in [0.25, 0.3) is 5.91 Å². The molecule has 1 atom stereocenters. The molecule has 1 N–H and O–H groups in total. The molecule has 3 amide bonds. The number of ketones is 1. The molecule has 6 nitrogen and oxygen atoms in total. The van der Waals surface area contributed by atoms with Crippen LogP contribution >= 0.6 is 11.3 Å². The van der Waals surface area contributed by atoms with Crippen LogP contribution in [-0.4, -0.2) is 36.2 Å². The average Bonchev–Trinajstić information content (AvgIpc) is 3.37. The van der Waals surface area contributed by atoms with Crippen molar-refractivity contribution in [3.8, 4) is 0 Å². The number of thiophene rings is 1. The summed E-state index contributed by atoms with van der Waals surface area (Å²) in [6, 6.07) is 9.52. The van der Waals surface area contributed by atoms with Gasteiger partial charge < -0.3 is 10.2 Å². The molecule has 2 aliphatic heterocycles. The van der Waals surface area contributed by atoms with Crippen molar-refractivity contribution in [2.45, 2.75) is 44.1 Å². The standard InChI is InChI=1S/C24H25N3O3S/c1-23(2)16-7-4-5-8-18(16)26(3)20(23)13-15(28)14-27-21(29)24(25-22(27)30)11-6-9-19-17(24)10-12-31-19/h4-5,7-8,10,12-13H,6,9,11,14H2,1-3H3,(H,25,30)/b20-13-. The van der Waals surface area contributed by atoms with Crippen molar-refractivity contribution in [3.05, 3.63) is 63.5 Å². The van der Waals surface area contributed by atoms with Crippen molar-refractivity contribution in [2.75, 3.05) is 18.5 Å². The van der Waals surface area contributed by atoms with Gasteiger partial charge in [-0.25, -0.2) is 4.79 Å². The molecular formula is C24H25N3O3S. The third-order valence-electron chi connectivity index (χ3n) is 6.89. The van der Waals surface area contributed by atoms with E-state index in [4.69, 9.17) is 0 Å². The number of fused-ring (bicyclic) bond motifs is 3. The number of anilines is 1. The predicted molar refractivity (Wildman–Crippen MR) is 120 cm³/mol. The maximum absolute atomic E-state index is 13.4. The summed E-state index contributed by atoms with van der Waals surface area (Å²) in [6.07, 6.45) is 3.91. The number of rotatable bonds is 3. The van der Waals surface area contributed by atoms with Crippen LogP contribution in [0.2, 0.25) is 0 Å². The molecule has 3 heterocycles. The number of para-hydroxylation sites is 1. The third kappa shape index (κ3) is 2.79. The fourth-order valence-electron chi connectivity index (χ4n) is 5.30. The van der Waals surface area contributed by atoms with Crippen molar-refractivity contribution >= 4 is 34.7 Å². The van der Waals surface area contributed by atoms with Gasteiger partial charge in [0.05, 0.1) is 6.54 Å². The first-order valence-electron chi connectivity index (χ1n) is 10.5. The summed E-state index contributed by atoms with van der Waals surface area (Å²) in [5.41, 5.74) is 2.61. The molecule has 1 unspecified atom stereocenters. The van der Waals surface area contributed by atoms with E-state index >= 15 is 0 Å². The van der Waals surface area contributed by atoms with Crippen LogP contribution in [0.4, 0.5) is 10.5 Å². The van der Waals surface area contributed by atoms with Crippen molar-refractivity contribution < 1.29 is 14.4 Å². The average molecular weight is 436 g/mol. The Bertz CT molecular complexity index is 1150. The summed E-state index contributed by atoms with van der Waals surface area (Å²) < 4.78 is 0. The largest absolute Gasteiger partial charge is 0.347 e. The highest BCUT2D eigenvalue weighted by Crippen LogP contribution is 2.46. The number of nitrogens with zero attached hydrogens (tertiary/aromatic N) is 2. The van der Waals surface area contributed by atoms with E-state index in [2.05, 4.69) is 25.2 Å². The molecule has 160 valence electrons. The van der Waals surface area contributed by atoms with Crippen LogP contribution in [0.3, 0.4) is 0 Å². The van der Waals surface area contributed by atoms with Gasteiger partial charge in [-0.2, -0.15) is 0 Å². The molecule has 2 aromatic rings. The molecule has 0 saturated carbocycles. The Hall–Kier alpha value is -2.93. The second kappa shape index (κ2) is 6.79. The first-order chi connectivity index (χ1) is 14.8. The molecule has 1 aromatic carbocycles. The summed E-state index contributed by atoms with van der Waals surface area (Å²) in [5.74, 6) is -0.574. The van der Waals surface area contributed by atoms with Gasteiger partial charge >= 0.3 is 6.03 Å². The second-order valence-electron chi connectivity index (χ2n) is 9.03. The number of aryl methyl sites for hydroxylation is 1. The third-order valence-corrected chi connectivity index (χ3v) is 7.87. The molecule has 7 heteroatoms. The minimum atomic E-state index is -1.02. The van der Waals surface area contributed by atoms with Gasteiger partial charge in [-0.1, -0.05) is 32.0 Å².